The molecule has 1 N–H and O–H groups in total. The summed E-state index contributed by atoms with van der Waals surface area (Å²) in [5.74, 6) is 1.23. The number of halogens is 1. The molecule has 1 aromatic carbocycles. The van der Waals surface area contributed by atoms with Gasteiger partial charge in [0.1, 0.15) is 17.7 Å². The van der Waals surface area contributed by atoms with Gasteiger partial charge in [-0.3, -0.25) is 4.79 Å². The van der Waals surface area contributed by atoms with Crippen LogP contribution in [-0.4, -0.2) is 29.9 Å². The minimum absolute atomic E-state index is 0.0383. The van der Waals surface area contributed by atoms with Gasteiger partial charge in [-0.05, 0) is 54.9 Å². The van der Waals surface area contributed by atoms with Crippen LogP contribution in [0.1, 0.15) is 17.3 Å². The van der Waals surface area contributed by atoms with E-state index in [9.17, 15) is 4.79 Å². The first-order chi connectivity index (χ1) is 12.1. The molecule has 25 heavy (non-hydrogen) atoms. The van der Waals surface area contributed by atoms with Crippen molar-refractivity contribution >= 4 is 34.5 Å². The summed E-state index contributed by atoms with van der Waals surface area (Å²) in [5, 5.41) is 7.39. The van der Waals surface area contributed by atoms with Crippen molar-refractivity contribution < 1.29 is 4.79 Å². The minimum Gasteiger partial charge on any atom is -0.322 e. The van der Waals surface area contributed by atoms with Crippen molar-refractivity contribution in [2.45, 2.75) is 6.92 Å². The minimum atomic E-state index is 0.0383. The predicted octanol–water partition coefficient (Wildman–Crippen LogP) is 3.51. The van der Waals surface area contributed by atoms with Crippen LogP contribution in [-0.2, 0) is 0 Å². The number of aromatic nitrogens is 5. The molecular weight excluding hydrogens is 340 g/mol. The second kappa shape index (κ2) is 6.03. The van der Waals surface area contributed by atoms with Crippen molar-refractivity contribution in [2.75, 3.05) is 5.32 Å². The lowest BCUT2D eigenvalue weighted by Gasteiger charge is -2.05. The van der Waals surface area contributed by atoms with Gasteiger partial charge in [-0.25, -0.2) is 9.50 Å². The summed E-state index contributed by atoms with van der Waals surface area (Å²) in [5.41, 5.74) is 2.37. The van der Waals surface area contributed by atoms with E-state index in [0.717, 1.165) is 11.2 Å². The molecule has 7 nitrogen and oxygen atoms in total. The topological polar surface area (TPSA) is 77.1 Å². The number of ketones is 1. The summed E-state index contributed by atoms with van der Waals surface area (Å²) in [4.78, 5) is 19.9. The van der Waals surface area contributed by atoms with Crippen LogP contribution in [0.2, 0.25) is 5.28 Å². The molecule has 4 rings (SSSR count). The molecule has 4 aromatic rings. The zero-order valence-corrected chi connectivity index (χ0v) is 14.0. The number of carbonyl (C=O) groups excluding carboxylic acids is 1. The highest BCUT2D eigenvalue weighted by Crippen LogP contribution is 2.21. The van der Waals surface area contributed by atoms with Crippen molar-refractivity contribution in [3.63, 3.8) is 0 Å². The monoisotopic (exact) mass is 352 g/mol. The number of benzene rings is 1. The van der Waals surface area contributed by atoms with Gasteiger partial charge in [0, 0.05) is 17.4 Å². The smallest absolute Gasteiger partial charge is 0.243 e. The molecule has 0 bridgehead atoms. The molecule has 0 saturated carbocycles. The quantitative estimate of drug-likeness (QED) is 0.569. The van der Waals surface area contributed by atoms with Gasteiger partial charge in [-0.15, -0.1) is 5.10 Å². The highest BCUT2D eigenvalue weighted by atomic mass is 35.5. The Morgan fingerprint density at radius 2 is 2.00 bits per heavy atom. The Bertz CT molecular complexity index is 1070. The van der Waals surface area contributed by atoms with Crippen LogP contribution < -0.4 is 5.32 Å². The molecule has 0 saturated heterocycles. The number of hydrogen-bond donors (Lipinski definition) is 1. The largest absolute Gasteiger partial charge is 0.322 e. The van der Waals surface area contributed by atoms with Crippen molar-refractivity contribution in [1.29, 1.82) is 0 Å². The number of imidazole rings is 1. The van der Waals surface area contributed by atoms with Gasteiger partial charge in [-0.1, -0.05) is 0 Å². The zero-order chi connectivity index (χ0) is 17.4. The Balaban J connectivity index is 1.62. The third-order valence-corrected chi connectivity index (χ3v) is 3.93. The van der Waals surface area contributed by atoms with E-state index in [1.54, 1.807) is 36.1 Å². The Morgan fingerprint density at radius 1 is 1.20 bits per heavy atom. The van der Waals surface area contributed by atoms with Crippen LogP contribution in [0.4, 0.5) is 11.6 Å². The highest BCUT2D eigenvalue weighted by molar-refractivity contribution is 6.28. The van der Waals surface area contributed by atoms with Gasteiger partial charge in [0.25, 0.3) is 0 Å². The van der Waals surface area contributed by atoms with Crippen molar-refractivity contribution in [3.8, 4) is 5.69 Å². The summed E-state index contributed by atoms with van der Waals surface area (Å²) in [6, 6.07) is 11.1. The summed E-state index contributed by atoms with van der Waals surface area (Å²) >= 11 is 5.95. The number of carbonyl (C=O) groups is 1. The first-order valence-electron chi connectivity index (χ1n) is 7.53. The molecule has 0 amide bonds. The third-order valence-electron chi connectivity index (χ3n) is 3.77. The number of fused-ring (bicyclic) bond motifs is 1. The lowest BCUT2D eigenvalue weighted by atomic mass is 10.1. The molecule has 0 unspecified atom stereocenters. The van der Waals surface area contributed by atoms with E-state index < -0.39 is 0 Å². The van der Waals surface area contributed by atoms with Gasteiger partial charge in [0.15, 0.2) is 11.6 Å². The summed E-state index contributed by atoms with van der Waals surface area (Å²) < 4.78 is 3.50. The Morgan fingerprint density at radius 3 is 2.76 bits per heavy atom. The molecule has 0 spiro atoms. The molecule has 0 fully saturated rings. The van der Waals surface area contributed by atoms with Gasteiger partial charge in [0.2, 0.25) is 5.28 Å². The average Bonchev–Trinajstić information content (AvgIpc) is 3.24. The average molecular weight is 353 g/mol. The first kappa shape index (κ1) is 15.3. The van der Waals surface area contributed by atoms with E-state index in [-0.39, 0.29) is 11.1 Å². The van der Waals surface area contributed by atoms with Crippen LogP contribution in [0.25, 0.3) is 11.2 Å². The fraction of sp³-hybridized carbons (Fsp3) is 0.0588. The summed E-state index contributed by atoms with van der Waals surface area (Å²) in [6.45, 7) is 1.55. The Labute approximate surface area is 147 Å². The number of nitrogens with one attached hydrogen (secondary N) is 1. The second-order valence-corrected chi connectivity index (χ2v) is 5.80. The van der Waals surface area contributed by atoms with Crippen LogP contribution in [0.5, 0.6) is 0 Å². The maximum atomic E-state index is 11.4. The lowest BCUT2D eigenvalue weighted by molar-refractivity contribution is 0.101. The lowest BCUT2D eigenvalue weighted by Crippen LogP contribution is -2.01. The molecule has 0 aliphatic rings. The SMILES string of the molecule is CC(=O)c1ccc(-n2cnc(Nc3nc(Cl)nn4cccc34)c2)cc1. The number of rotatable bonds is 4. The van der Waals surface area contributed by atoms with E-state index in [0.29, 0.717) is 17.2 Å². The van der Waals surface area contributed by atoms with Crippen molar-refractivity contribution in [3.05, 3.63) is 66.0 Å². The van der Waals surface area contributed by atoms with Gasteiger partial charge in [0.05, 0.1) is 6.20 Å². The van der Waals surface area contributed by atoms with E-state index in [1.807, 2.05) is 35.0 Å². The molecule has 124 valence electrons. The molecular formula is C17H13ClN6O. The van der Waals surface area contributed by atoms with E-state index in [1.165, 1.54) is 0 Å². The maximum Gasteiger partial charge on any atom is 0.243 e. The molecule has 3 heterocycles. The third kappa shape index (κ3) is 2.97. The fourth-order valence-corrected chi connectivity index (χ4v) is 2.68. The van der Waals surface area contributed by atoms with Gasteiger partial charge >= 0.3 is 0 Å². The standard InChI is InChI=1S/C17H13ClN6O/c1-11(25)12-4-6-13(7-5-12)23-9-15(19-10-23)20-16-14-3-2-8-24(14)22-17(18)21-16/h2-10H,1H3,(H,20,21,22). The van der Waals surface area contributed by atoms with Crippen molar-refractivity contribution in [1.82, 2.24) is 24.1 Å². The number of nitrogens with zero attached hydrogens (tertiary/aromatic N) is 5. The molecule has 0 radical (unpaired) electrons. The Hall–Kier alpha value is -3.19. The molecule has 3 aromatic heterocycles. The molecule has 8 heteroatoms. The maximum absolute atomic E-state index is 11.4. The van der Waals surface area contributed by atoms with Crippen molar-refractivity contribution in [2.24, 2.45) is 0 Å². The van der Waals surface area contributed by atoms with Crippen LogP contribution in [0.15, 0.2) is 55.1 Å². The van der Waals surface area contributed by atoms with E-state index >= 15 is 0 Å². The summed E-state index contributed by atoms with van der Waals surface area (Å²) in [6.07, 6.45) is 5.31. The second-order valence-electron chi connectivity index (χ2n) is 5.46. The molecule has 0 aliphatic heterocycles. The highest BCUT2D eigenvalue weighted by Gasteiger charge is 2.09. The number of anilines is 2. The zero-order valence-electron chi connectivity index (χ0n) is 13.2. The van der Waals surface area contributed by atoms with Gasteiger partial charge < -0.3 is 9.88 Å². The van der Waals surface area contributed by atoms with Gasteiger partial charge in [-0.2, -0.15) is 4.98 Å². The fourth-order valence-electron chi connectivity index (χ4n) is 2.52. The molecule has 0 atom stereocenters. The van der Waals surface area contributed by atoms with Crippen LogP contribution >= 0.6 is 11.6 Å². The predicted molar refractivity (Wildman–Crippen MR) is 94.8 cm³/mol. The Kier molecular flexibility index (Phi) is 3.70. The van der Waals surface area contributed by atoms with E-state index in [2.05, 4.69) is 20.4 Å². The van der Waals surface area contributed by atoms with Crippen LogP contribution in [0.3, 0.4) is 0 Å². The summed E-state index contributed by atoms with van der Waals surface area (Å²) in [7, 11) is 0. The normalized spacial score (nSPS) is 11.0. The number of hydrogen-bond acceptors (Lipinski definition) is 5. The van der Waals surface area contributed by atoms with E-state index in [4.69, 9.17) is 11.6 Å². The molecule has 0 aliphatic carbocycles. The van der Waals surface area contributed by atoms with Crippen LogP contribution in [0, 0.1) is 0 Å². The number of Topliss-reactive ketones (excluding diaryl/α,β-unsaturated/α-hetero) is 1. The first-order valence-corrected chi connectivity index (χ1v) is 7.91.